The molecular weight excluding hydrogens is 468 g/mol. The molecule has 0 aliphatic carbocycles. The highest BCUT2D eigenvalue weighted by Crippen LogP contribution is 2.31. The van der Waals surface area contributed by atoms with Crippen molar-refractivity contribution in [3.8, 4) is 5.75 Å². The van der Waals surface area contributed by atoms with Crippen LogP contribution in [0.5, 0.6) is 5.75 Å². The number of carbonyl (C=O) groups is 1. The number of sulfonamides is 1. The number of nitrogens with zero attached hydrogens (tertiary/aromatic N) is 1. The molecule has 2 aromatic carbocycles. The highest BCUT2D eigenvalue weighted by molar-refractivity contribution is 9.10. The number of anilines is 1. The molecule has 1 saturated heterocycles. The number of piperidine rings is 1. The van der Waals surface area contributed by atoms with Gasteiger partial charge in [0.15, 0.2) is 0 Å². The van der Waals surface area contributed by atoms with Gasteiger partial charge in [0.1, 0.15) is 5.75 Å². The second kappa shape index (κ2) is 8.82. The average Bonchev–Trinajstić information content (AvgIpc) is 2.69. The number of para-hydroxylation sites is 1. The van der Waals surface area contributed by atoms with Crippen molar-refractivity contribution in [3.05, 3.63) is 52.0 Å². The summed E-state index contributed by atoms with van der Waals surface area (Å²) in [4.78, 5) is 12.8. The third-order valence-corrected chi connectivity index (χ3v) is 7.50. The summed E-state index contributed by atoms with van der Waals surface area (Å²) in [5.74, 6) is -0.214. The fourth-order valence-corrected chi connectivity index (χ4v) is 5.39. The van der Waals surface area contributed by atoms with Crippen molar-refractivity contribution >= 4 is 49.1 Å². The Hall–Kier alpha value is -1.61. The van der Waals surface area contributed by atoms with Gasteiger partial charge in [-0.1, -0.05) is 23.7 Å². The largest absolute Gasteiger partial charge is 0.495 e. The molecule has 1 fully saturated rings. The molecule has 9 heteroatoms. The molecular formula is C19H20BrClN2O4S. The molecule has 1 N–H and O–H groups in total. The van der Waals surface area contributed by atoms with Crippen LogP contribution >= 0.6 is 27.5 Å². The van der Waals surface area contributed by atoms with Gasteiger partial charge in [0.25, 0.3) is 0 Å². The van der Waals surface area contributed by atoms with Crippen LogP contribution in [-0.4, -0.2) is 38.8 Å². The minimum absolute atomic E-state index is 0.0881. The fraction of sp³-hybridized carbons (Fsp3) is 0.316. The van der Waals surface area contributed by atoms with Gasteiger partial charge < -0.3 is 10.1 Å². The third kappa shape index (κ3) is 4.51. The van der Waals surface area contributed by atoms with E-state index in [1.54, 1.807) is 6.07 Å². The first-order valence-corrected chi connectivity index (χ1v) is 11.3. The van der Waals surface area contributed by atoms with Crippen molar-refractivity contribution in [3.63, 3.8) is 0 Å². The molecule has 1 amide bonds. The molecule has 2 aromatic rings. The summed E-state index contributed by atoms with van der Waals surface area (Å²) in [6.45, 7) is 0.493. The fourth-order valence-electron chi connectivity index (χ4n) is 3.13. The number of halogens is 2. The molecule has 1 aliphatic heterocycles. The Morgan fingerprint density at radius 1 is 1.29 bits per heavy atom. The molecule has 0 spiro atoms. The first kappa shape index (κ1) is 21.1. The number of carbonyl (C=O) groups excluding carboxylic acids is 1. The first-order chi connectivity index (χ1) is 13.3. The Bertz CT molecular complexity index is 984. The number of methoxy groups -OCH3 is 1. The van der Waals surface area contributed by atoms with E-state index in [1.807, 2.05) is 18.2 Å². The normalized spacial score (nSPS) is 17.9. The summed E-state index contributed by atoms with van der Waals surface area (Å²) < 4.78 is 33.2. The number of nitrogens with one attached hydrogen (secondary N) is 1. The minimum atomic E-state index is -3.75. The van der Waals surface area contributed by atoms with Crippen LogP contribution in [0, 0.1) is 5.92 Å². The molecule has 6 nitrogen and oxygen atoms in total. The average molecular weight is 488 g/mol. The predicted molar refractivity (Wildman–Crippen MR) is 112 cm³/mol. The van der Waals surface area contributed by atoms with Gasteiger partial charge >= 0.3 is 0 Å². The van der Waals surface area contributed by atoms with Gasteiger partial charge in [0.2, 0.25) is 15.9 Å². The smallest absolute Gasteiger partial charge is 0.243 e. The topological polar surface area (TPSA) is 75.7 Å². The zero-order valence-corrected chi connectivity index (χ0v) is 18.4. The van der Waals surface area contributed by atoms with E-state index in [1.165, 1.54) is 29.6 Å². The Labute approximate surface area is 178 Å². The van der Waals surface area contributed by atoms with Gasteiger partial charge in [-0.25, -0.2) is 8.42 Å². The number of hydrogen-bond acceptors (Lipinski definition) is 4. The van der Waals surface area contributed by atoms with Gasteiger partial charge in [0, 0.05) is 17.6 Å². The lowest BCUT2D eigenvalue weighted by atomic mass is 9.99. The highest BCUT2D eigenvalue weighted by Gasteiger charge is 2.33. The Balaban J connectivity index is 1.76. The summed E-state index contributed by atoms with van der Waals surface area (Å²) >= 11 is 9.48. The maximum atomic E-state index is 13.0. The van der Waals surface area contributed by atoms with Gasteiger partial charge in [-0.05, 0) is 59.1 Å². The molecule has 0 unspecified atom stereocenters. The molecule has 1 aliphatic rings. The molecule has 0 radical (unpaired) electrons. The number of hydrogen-bond donors (Lipinski definition) is 1. The Morgan fingerprint density at radius 3 is 2.71 bits per heavy atom. The molecule has 0 aromatic heterocycles. The molecule has 3 rings (SSSR count). The van der Waals surface area contributed by atoms with Crippen LogP contribution in [0.15, 0.2) is 51.8 Å². The van der Waals surface area contributed by atoms with Crippen LogP contribution in [0.25, 0.3) is 0 Å². The van der Waals surface area contributed by atoms with Crippen molar-refractivity contribution in [1.82, 2.24) is 4.31 Å². The summed E-state index contributed by atoms with van der Waals surface area (Å²) in [7, 11) is -2.29. The molecule has 0 saturated carbocycles. The molecule has 1 atom stereocenters. The van der Waals surface area contributed by atoms with E-state index in [2.05, 4.69) is 21.2 Å². The summed E-state index contributed by atoms with van der Waals surface area (Å²) in [6, 6.07) is 11.7. The zero-order valence-electron chi connectivity index (χ0n) is 15.2. The SMILES string of the molecule is COc1ccc(S(=O)(=O)N2CCC[C@H](C(=O)Nc3ccccc3Br)C2)cc1Cl. The Morgan fingerprint density at radius 2 is 2.04 bits per heavy atom. The number of amides is 1. The van der Waals surface area contributed by atoms with E-state index in [0.29, 0.717) is 30.8 Å². The van der Waals surface area contributed by atoms with Crippen LogP contribution in [0.3, 0.4) is 0 Å². The van der Waals surface area contributed by atoms with Crippen LogP contribution < -0.4 is 10.1 Å². The standard InChI is InChI=1S/C19H20BrClN2O4S/c1-27-18-9-8-14(11-16(18)21)28(25,26)23-10-4-5-13(12-23)19(24)22-17-7-3-2-6-15(17)20/h2-3,6-9,11,13H,4-5,10,12H2,1H3,(H,22,24)/t13-/m0/s1. The first-order valence-electron chi connectivity index (χ1n) is 8.72. The lowest BCUT2D eigenvalue weighted by Gasteiger charge is -2.31. The van der Waals surface area contributed by atoms with Crippen LogP contribution in [0.4, 0.5) is 5.69 Å². The second-order valence-corrected chi connectivity index (χ2v) is 9.67. The van der Waals surface area contributed by atoms with Crippen LogP contribution in [0.1, 0.15) is 12.8 Å². The number of rotatable bonds is 5. The lowest BCUT2D eigenvalue weighted by molar-refractivity contribution is -0.120. The number of ether oxygens (including phenoxy) is 1. The van der Waals surface area contributed by atoms with E-state index in [4.69, 9.17) is 16.3 Å². The van der Waals surface area contributed by atoms with Gasteiger partial charge in [-0.2, -0.15) is 4.31 Å². The quantitative estimate of drug-likeness (QED) is 0.687. The van der Waals surface area contributed by atoms with Crippen molar-refractivity contribution in [2.24, 2.45) is 5.92 Å². The van der Waals surface area contributed by atoms with Gasteiger partial charge in [0.05, 0.1) is 28.6 Å². The zero-order chi connectivity index (χ0) is 20.3. The summed E-state index contributed by atoms with van der Waals surface area (Å²) in [5.41, 5.74) is 0.661. The van der Waals surface area contributed by atoms with Crippen molar-refractivity contribution in [2.45, 2.75) is 17.7 Å². The maximum Gasteiger partial charge on any atom is 0.243 e. The summed E-state index contributed by atoms with van der Waals surface area (Å²) in [6.07, 6.45) is 1.24. The summed E-state index contributed by atoms with van der Waals surface area (Å²) in [5, 5.41) is 3.10. The van der Waals surface area contributed by atoms with E-state index >= 15 is 0 Å². The molecule has 1 heterocycles. The van der Waals surface area contributed by atoms with Crippen molar-refractivity contribution in [2.75, 3.05) is 25.5 Å². The predicted octanol–water partition coefficient (Wildman–Crippen LogP) is 4.15. The van der Waals surface area contributed by atoms with Crippen molar-refractivity contribution in [1.29, 1.82) is 0 Å². The van der Waals surface area contributed by atoms with E-state index in [-0.39, 0.29) is 22.4 Å². The monoisotopic (exact) mass is 486 g/mol. The molecule has 0 bridgehead atoms. The third-order valence-electron chi connectivity index (χ3n) is 4.65. The molecule has 28 heavy (non-hydrogen) atoms. The van der Waals surface area contributed by atoms with E-state index < -0.39 is 15.9 Å². The highest BCUT2D eigenvalue weighted by atomic mass is 79.9. The van der Waals surface area contributed by atoms with Crippen LogP contribution in [-0.2, 0) is 14.8 Å². The van der Waals surface area contributed by atoms with Gasteiger partial charge in [-0.15, -0.1) is 0 Å². The van der Waals surface area contributed by atoms with Crippen LogP contribution in [0.2, 0.25) is 5.02 Å². The molecule has 150 valence electrons. The van der Waals surface area contributed by atoms with Crippen molar-refractivity contribution < 1.29 is 17.9 Å². The van der Waals surface area contributed by atoms with E-state index in [0.717, 1.165) is 4.47 Å². The minimum Gasteiger partial charge on any atom is -0.495 e. The maximum absolute atomic E-state index is 13.0. The van der Waals surface area contributed by atoms with Gasteiger partial charge in [-0.3, -0.25) is 4.79 Å². The second-order valence-electron chi connectivity index (χ2n) is 6.47. The lowest BCUT2D eigenvalue weighted by Crippen LogP contribution is -2.43. The number of benzene rings is 2. The Kier molecular flexibility index (Phi) is 6.65. The van der Waals surface area contributed by atoms with E-state index in [9.17, 15) is 13.2 Å².